The highest BCUT2D eigenvalue weighted by Crippen LogP contribution is 2.26. The molecule has 0 bridgehead atoms. The predicted octanol–water partition coefficient (Wildman–Crippen LogP) is 3.13. The molecule has 1 aliphatic rings. The number of nitrogens with zero attached hydrogens (tertiary/aromatic N) is 2. The molecule has 0 aliphatic carbocycles. The second kappa shape index (κ2) is 6.64. The summed E-state index contributed by atoms with van der Waals surface area (Å²) in [7, 11) is 0. The molecule has 0 saturated carbocycles. The zero-order valence-corrected chi connectivity index (χ0v) is 12.3. The highest BCUT2D eigenvalue weighted by Gasteiger charge is 2.16. The Morgan fingerprint density at radius 3 is 2.39 bits per heavy atom. The van der Waals surface area contributed by atoms with Gasteiger partial charge in [-0.05, 0) is 31.8 Å². The lowest BCUT2D eigenvalue weighted by Gasteiger charge is -2.17. The Morgan fingerprint density at radius 2 is 1.89 bits per heavy atom. The van der Waals surface area contributed by atoms with E-state index in [0.29, 0.717) is 5.92 Å². The van der Waals surface area contributed by atoms with E-state index in [1.165, 1.54) is 43.8 Å². The van der Waals surface area contributed by atoms with E-state index in [4.69, 9.17) is 4.98 Å². The summed E-state index contributed by atoms with van der Waals surface area (Å²) >= 11 is 1.69. The molecule has 0 atom stereocenters. The van der Waals surface area contributed by atoms with Crippen molar-refractivity contribution in [2.24, 2.45) is 0 Å². The minimum atomic E-state index is 0.130. The van der Waals surface area contributed by atoms with E-state index >= 15 is 0 Å². The van der Waals surface area contributed by atoms with Gasteiger partial charge < -0.3 is 5.11 Å². The monoisotopic (exact) mass is 268 g/mol. The lowest BCUT2D eigenvalue weighted by Crippen LogP contribution is -2.23. The van der Waals surface area contributed by atoms with Crippen LogP contribution in [0.5, 0.6) is 0 Å². The number of hydrogen-bond acceptors (Lipinski definition) is 4. The smallest absolute Gasteiger partial charge is 0.107 e. The van der Waals surface area contributed by atoms with Crippen LogP contribution < -0.4 is 0 Å². The van der Waals surface area contributed by atoms with Crippen molar-refractivity contribution >= 4 is 11.3 Å². The molecule has 1 N–H and O–H groups in total. The summed E-state index contributed by atoms with van der Waals surface area (Å²) in [4.78, 5) is 8.28. The van der Waals surface area contributed by atoms with Crippen LogP contribution in [-0.2, 0) is 13.2 Å². The van der Waals surface area contributed by atoms with Crippen LogP contribution in [0.25, 0.3) is 0 Å². The Kier molecular flexibility index (Phi) is 5.15. The fraction of sp³-hybridized carbons (Fsp3) is 0.786. The Balaban J connectivity index is 2.04. The zero-order chi connectivity index (χ0) is 13.0. The quantitative estimate of drug-likeness (QED) is 0.911. The molecule has 0 aromatic carbocycles. The van der Waals surface area contributed by atoms with E-state index < -0.39 is 0 Å². The third kappa shape index (κ3) is 3.53. The minimum Gasteiger partial charge on any atom is -0.391 e. The van der Waals surface area contributed by atoms with Crippen LogP contribution >= 0.6 is 11.3 Å². The van der Waals surface area contributed by atoms with Gasteiger partial charge in [0.25, 0.3) is 0 Å². The van der Waals surface area contributed by atoms with E-state index in [1.807, 2.05) is 0 Å². The summed E-state index contributed by atoms with van der Waals surface area (Å²) in [6, 6.07) is 0. The molecule has 3 nitrogen and oxygen atoms in total. The summed E-state index contributed by atoms with van der Waals surface area (Å²) in [5, 5.41) is 10.6. The summed E-state index contributed by atoms with van der Waals surface area (Å²) < 4.78 is 0. The van der Waals surface area contributed by atoms with Gasteiger partial charge in [-0.25, -0.2) is 4.98 Å². The number of aliphatic hydroxyl groups is 1. The first-order valence-electron chi connectivity index (χ1n) is 7.02. The average Bonchev–Trinajstić information content (AvgIpc) is 2.58. The molecule has 1 aromatic rings. The normalized spacial score (nSPS) is 18.2. The number of thiazole rings is 1. The lowest BCUT2D eigenvalue weighted by atomic mass is 10.1. The van der Waals surface area contributed by atoms with Gasteiger partial charge >= 0.3 is 0 Å². The van der Waals surface area contributed by atoms with Crippen molar-refractivity contribution in [1.82, 2.24) is 9.88 Å². The minimum absolute atomic E-state index is 0.130. The summed E-state index contributed by atoms with van der Waals surface area (Å²) in [6.45, 7) is 7.78. The van der Waals surface area contributed by atoms with Gasteiger partial charge in [-0.15, -0.1) is 11.3 Å². The van der Waals surface area contributed by atoms with Crippen molar-refractivity contribution in [2.75, 3.05) is 13.1 Å². The second-order valence-corrected chi connectivity index (χ2v) is 6.59. The van der Waals surface area contributed by atoms with Crippen molar-refractivity contribution in [3.8, 4) is 0 Å². The van der Waals surface area contributed by atoms with E-state index in [0.717, 1.165) is 17.1 Å². The topological polar surface area (TPSA) is 36.4 Å². The van der Waals surface area contributed by atoms with Gasteiger partial charge in [0, 0.05) is 0 Å². The number of aromatic nitrogens is 1. The Bertz CT molecular complexity index is 368. The van der Waals surface area contributed by atoms with Crippen molar-refractivity contribution in [2.45, 2.75) is 58.6 Å². The van der Waals surface area contributed by atoms with Crippen LogP contribution in [0.1, 0.15) is 61.0 Å². The molecule has 0 spiro atoms. The van der Waals surface area contributed by atoms with Gasteiger partial charge in [0.2, 0.25) is 0 Å². The van der Waals surface area contributed by atoms with Crippen molar-refractivity contribution in [1.29, 1.82) is 0 Å². The summed E-state index contributed by atoms with van der Waals surface area (Å²) in [6.07, 6.45) is 5.37. The SMILES string of the molecule is CC(C)c1nc(CN2CCCCCC2)sc1CO. The maximum Gasteiger partial charge on any atom is 0.107 e. The summed E-state index contributed by atoms with van der Waals surface area (Å²) in [5.74, 6) is 0.404. The number of likely N-dealkylation sites (tertiary alicyclic amines) is 1. The third-order valence-electron chi connectivity index (χ3n) is 3.52. The van der Waals surface area contributed by atoms with Crippen LogP contribution in [0.3, 0.4) is 0 Å². The van der Waals surface area contributed by atoms with E-state index in [9.17, 15) is 5.11 Å². The first kappa shape index (κ1) is 14.0. The van der Waals surface area contributed by atoms with Crippen LogP contribution in [0.2, 0.25) is 0 Å². The lowest BCUT2D eigenvalue weighted by molar-refractivity contribution is 0.276. The molecule has 1 aromatic heterocycles. The average molecular weight is 268 g/mol. The number of rotatable bonds is 4. The molecule has 1 aliphatic heterocycles. The van der Waals surface area contributed by atoms with Gasteiger partial charge in [0.05, 0.1) is 23.7 Å². The second-order valence-electron chi connectivity index (χ2n) is 5.42. The number of hydrogen-bond donors (Lipinski definition) is 1. The first-order valence-corrected chi connectivity index (χ1v) is 7.84. The van der Waals surface area contributed by atoms with Crippen LogP contribution in [0.4, 0.5) is 0 Å². The van der Waals surface area contributed by atoms with Crippen LogP contribution in [0, 0.1) is 0 Å². The maximum atomic E-state index is 9.39. The number of aliphatic hydroxyl groups excluding tert-OH is 1. The van der Waals surface area contributed by atoms with Gasteiger partial charge in [-0.2, -0.15) is 0 Å². The van der Waals surface area contributed by atoms with Gasteiger partial charge in [0.1, 0.15) is 5.01 Å². The molecule has 0 amide bonds. The molecule has 2 heterocycles. The predicted molar refractivity (Wildman–Crippen MR) is 75.9 cm³/mol. The van der Waals surface area contributed by atoms with Crippen molar-refractivity contribution in [3.05, 3.63) is 15.6 Å². The molecule has 18 heavy (non-hydrogen) atoms. The van der Waals surface area contributed by atoms with Crippen LogP contribution in [0.15, 0.2) is 0 Å². The Morgan fingerprint density at radius 1 is 1.22 bits per heavy atom. The highest BCUT2D eigenvalue weighted by atomic mass is 32.1. The standard InChI is InChI=1S/C14H24N2OS/c1-11(2)14-12(10-17)18-13(15-14)9-16-7-5-3-4-6-8-16/h11,17H,3-10H2,1-2H3. The Hall–Kier alpha value is -0.450. The van der Waals surface area contributed by atoms with Crippen molar-refractivity contribution < 1.29 is 5.11 Å². The fourth-order valence-electron chi connectivity index (χ4n) is 2.53. The summed E-state index contributed by atoms with van der Waals surface area (Å²) in [5.41, 5.74) is 1.09. The zero-order valence-electron chi connectivity index (χ0n) is 11.5. The molecule has 0 radical (unpaired) electrons. The molecule has 102 valence electrons. The van der Waals surface area contributed by atoms with Gasteiger partial charge in [-0.1, -0.05) is 26.7 Å². The maximum absolute atomic E-state index is 9.39. The third-order valence-corrected chi connectivity index (χ3v) is 4.56. The first-order chi connectivity index (χ1) is 8.70. The molecule has 2 rings (SSSR count). The Labute approximate surface area is 114 Å². The highest BCUT2D eigenvalue weighted by molar-refractivity contribution is 7.11. The molecule has 0 unspecified atom stereocenters. The van der Waals surface area contributed by atoms with Gasteiger partial charge in [0.15, 0.2) is 0 Å². The molecule has 4 heteroatoms. The molecular weight excluding hydrogens is 244 g/mol. The molecule has 1 saturated heterocycles. The van der Waals surface area contributed by atoms with Crippen LogP contribution in [-0.4, -0.2) is 28.1 Å². The van der Waals surface area contributed by atoms with E-state index in [1.54, 1.807) is 11.3 Å². The largest absolute Gasteiger partial charge is 0.391 e. The van der Waals surface area contributed by atoms with E-state index in [-0.39, 0.29) is 6.61 Å². The molecule has 1 fully saturated rings. The fourth-order valence-corrected chi connectivity index (χ4v) is 3.66. The van der Waals surface area contributed by atoms with Crippen molar-refractivity contribution in [3.63, 3.8) is 0 Å². The van der Waals surface area contributed by atoms with E-state index in [2.05, 4.69) is 18.7 Å². The molecular formula is C14H24N2OS. The van der Waals surface area contributed by atoms with Gasteiger partial charge in [-0.3, -0.25) is 4.90 Å².